The number of Topliss-reactive ketones (excluding diaryl/α,β-unsaturated/α-hetero) is 1. The highest BCUT2D eigenvalue weighted by atomic mass is 16.8. The largest absolute Gasteiger partial charge is 0.506 e. The van der Waals surface area contributed by atoms with E-state index in [0.717, 1.165) is 5.56 Å². The third-order valence-electron chi connectivity index (χ3n) is 9.01. The van der Waals surface area contributed by atoms with Gasteiger partial charge in [-0.3, -0.25) is 4.79 Å². The zero-order valence-corrected chi connectivity index (χ0v) is 20.8. The van der Waals surface area contributed by atoms with E-state index >= 15 is 0 Å². The van der Waals surface area contributed by atoms with Crippen LogP contribution in [0.1, 0.15) is 67.3 Å². The fourth-order valence-corrected chi connectivity index (χ4v) is 7.03. The van der Waals surface area contributed by atoms with Gasteiger partial charge in [-0.15, -0.1) is 0 Å². The lowest BCUT2D eigenvalue weighted by Crippen LogP contribution is -2.67. The van der Waals surface area contributed by atoms with Gasteiger partial charge >= 0.3 is 0 Å². The normalized spacial score (nSPS) is 37.5. The third-order valence-corrected chi connectivity index (χ3v) is 9.01. The molecule has 4 heterocycles. The van der Waals surface area contributed by atoms with Gasteiger partial charge in [0, 0.05) is 27.8 Å². The molecule has 35 heavy (non-hydrogen) atoms. The van der Waals surface area contributed by atoms with Crippen molar-refractivity contribution in [2.24, 2.45) is 11.3 Å². The average Bonchev–Trinajstić information content (AvgIpc) is 3.45. The Kier molecular flexibility index (Phi) is 3.82. The first kappa shape index (κ1) is 21.9. The molecule has 0 saturated carbocycles. The number of fused-ring (bicyclic) bond motifs is 8. The smallest absolute Gasteiger partial charge is 0.274 e. The zero-order chi connectivity index (χ0) is 24.9. The molecule has 4 aliphatic heterocycles. The molecule has 8 heteroatoms. The number of ether oxygens (including phenoxy) is 5. The molecule has 0 unspecified atom stereocenters. The summed E-state index contributed by atoms with van der Waals surface area (Å²) in [6, 6.07) is 1.94. The highest BCUT2D eigenvalue weighted by Gasteiger charge is 2.90. The Balaban J connectivity index is 1.55. The first-order valence-corrected chi connectivity index (χ1v) is 12.3. The summed E-state index contributed by atoms with van der Waals surface area (Å²) in [5, 5.41) is 24.6. The van der Waals surface area contributed by atoms with Crippen LogP contribution in [0.4, 0.5) is 0 Å². The van der Waals surface area contributed by atoms with Gasteiger partial charge in [-0.25, -0.2) is 0 Å². The van der Waals surface area contributed by atoms with Gasteiger partial charge in [-0.1, -0.05) is 27.7 Å². The summed E-state index contributed by atoms with van der Waals surface area (Å²) in [6.07, 6.45) is -0.124. The number of hydrogen-bond donors (Lipinski definition) is 2. The van der Waals surface area contributed by atoms with Crippen LogP contribution in [0.2, 0.25) is 0 Å². The molecular weight excluding hydrogens is 452 g/mol. The molecular formula is C27H30O8. The first-order chi connectivity index (χ1) is 16.4. The van der Waals surface area contributed by atoms with E-state index in [1.807, 2.05) is 40.7 Å². The number of aliphatic hydroxyl groups is 1. The quantitative estimate of drug-likeness (QED) is 0.625. The number of ketones is 1. The van der Waals surface area contributed by atoms with Crippen LogP contribution in [0.3, 0.4) is 0 Å². The third kappa shape index (κ3) is 2.15. The first-order valence-electron chi connectivity index (χ1n) is 12.3. The maximum Gasteiger partial charge on any atom is 0.274 e. The number of aryl methyl sites for hydroxylation is 1. The molecule has 2 N–H and O–H groups in total. The predicted molar refractivity (Wildman–Crippen MR) is 124 cm³/mol. The number of carbonyl (C=O) groups is 1. The highest BCUT2D eigenvalue weighted by molar-refractivity contribution is 6.13. The van der Waals surface area contributed by atoms with Crippen molar-refractivity contribution in [1.29, 1.82) is 0 Å². The molecule has 186 valence electrons. The second kappa shape index (κ2) is 6.11. The molecule has 1 aliphatic carbocycles. The SMILES string of the molecule is COc1c2c(c(O)c3c4c(c(C)cc13)[C@@H]1O[C@@]3(C(C)C)O[C@@H]1[C@@](O)(O4)[C@@]31CO1)C(=O)C(C)(C)CC2. The molecule has 0 aromatic heterocycles. The van der Waals surface area contributed by atoms with E-state index in [-0.39, 0.29) is 35.4 Å². The van der Waals surface area contributed by atoms with E-state index in [1.165, 1.54) is 0 Å². The molecule has 2 aromatic carbocycles. The Morgan fingerprint density at radius 2 is 1.94 bits per heavy atom. The van der Waals surface area contributed by atoms with Gasteiger partial charge in [0.25, 0.3) is 5.79 Å². The minimum Gasteiger partial charge on any atom is -0.506 e. The fourth-order valence-electron chi connectivity index (χ4n) is 7.03. The maximum atomic E-state index is 13.5. The summed E-state index contributed by atoms with van der Waals surface area (Å²) >= 11 is 0. The van der Waals surface area contributed by atoms with E-state index in [0.29, 0.717) is 40.5 Å². The number of rotatable bonds is 2. The monoisotopic (exact) mass is 482 g/mol. The Morgan fingerprint density at radius 1 is 1.23 bits per heavy atom. The van der Waals surface area contributed by atoms with Crippen molar-refractivity contribution in [3.8, 4) is 17.2 Å². The number of methoxy groups -OCH3 is 1. The molecule has 0 amide bonds. The standard InChI is InChI=1S/C27H30O8/c1-11(2)27-25(10-32-25)26(30)23(35-27)21(34-27)15-12(3)9-14-16(20(15)33-26)18(28)17-13(19(14)31-6)7-8-24(4,5)22(17)29/h9,11,21,23,28,30H,7-8,10H2,1-6H3/t21-,23-,25-,26+,27-/m0/s1. The highest BCUT2D eigenvalue weighted by Crippen LogP contribution is 2.71. The molecule has 5 atom stereocenters. The van der Waals surface area contributed by atoms with Crippen molar-refractivity contribution in [2.45, 2.75) is 76.8 Å². The molecule has 2 aromatic rings. The van der Waals surface area contributed by atoms with Crippen molar-refractivity contribution in [2.75, 3.05) is 13.7 Å². The second-order valence-corrected chi connectivity index (χ2v) is 11.6. The molecule has 2 bridgehead atoms. The number of phenolic OH excluding ortho intramolecular Hbond substituents is 1. The average molecular weight is 483 g/mol. The summed E-state index contributed by atoms with van der Waals surface area (Å²) in [7, 11) is 1.57. The van der Waals surface area contributed by atoms with Gasteiger partial charge in [-0.05, 0) is 31.4 Å². The minimum atomic E-state index is -1.80. The maximum absolute atomic E-state index is 13.5. The molecule has 0 radical (unpaired) electrons. The predicted octanol–water partition coefficient (Wildman–Crippen LogP) is 3.69. The van der Waals surface area contributed by atoms with Crippen LogP contribution in [0.5, 0.6) is 17.2 Å². The van der Waals surface area contributed by atoms with E-state index < -0.39 is 34.8 Å². The molecule has 3 saturated heterocycles. The second-order valence-electron chi connectivity index (χ2n) is 11.6. The lowest BCUT2D eigenvalue weighted by Gasteiger charge is -2.47. The summed E-state index contributed by atoms with van der Waals surface area (Å²) < 4.78 is 31.0. The van der Waals surface area contributed by atoms with Crippen molar-refractivity contribution in [3.05, 3.63) is 28.3 Å². The number of benzene rings is 2. The Morgan fingerprint density at radius 3 is 2.57 bits per heavy atom. The van der Waals surface area contributed by atoms with Gasteiger partial charge in [-0.2, -0.15) is 0 Å². The van der Waals surface area contributed by atoms with Crippen LogP contribution < -0.4 is 9.47 Å². The number of carbonyl (C=O) groups excluding carboxylic acids is 1. The van der Waals surface area contributed by atoms with Crippen molar-refractivity contribution < 1.29 is 38.7 Å². The van der Waals surface area contributed by atoms with Gasteiger partial charge in [0.1, 0.15) is 23.4 Å². The van der Waals surface area contributed by atoms with Crippen LogP contribution >= 0.6 is 0 Å². The molecule has 8 nitrogen and oxygen atoms in total. The number of epoxide rings is 1. The van der Waals surface area contributed by atoms with Gasteiger partial charge in [0.05, 0.1) is 24.7 Å². The molecule has 7 rings (SSSR count). The number of hydrogen-bond acceptors (Lipinski definition) is 8. The lowest BCUT2D eigenvalue weighted by atomic mass is 9.71. The topological polar surface area (TPSA) is 107 Å². The number of phenols is 1. The number of aromatic hydroxyl groups is 1. The molecule has 3 fully saturated rings. The van der Waals surface area contributed by atoms with Crippen LogP contribution in [0.25, 0.3) is 10.8 Å². The van der Waals surface area contributed by atoms with Crippen LogP contribution in [-0.4, -0.2) is 53.0 Å². The summed E-state index contributed by atoms with van der Waals surface area (Å²) in [4.78, 5) is 13.5. The van der Waals surface area contributed by atoms with E-state index in [2.05, 4.69) is 0 Å². The summed E-state index contributed by atoms with van der Waals surface area (Å²) in [5.74, 6) is -2.48. The van der Waals surface area contributed by atoms with Gasteiger partial charge in [0.2, 0.25) is 11.4 Å². The van der Waals surface area contributed by atoms with Gasteiger partial charge in [0.15, 0.2) is 11.9 Å². The molecule has 5 aliphatic rings. The van der Waals surface area contributed by atoms with Crippen molar-refractivity contribution >= 4 is 16.6 Å². The fraction of sp³-hybridized carbons (Fsp3) is 0.593. The van der Waals surface area contributed by atoms with Crippen LogP contribution in [0.15, 0.2) is 6.07 Å². The van der Waals surface area contributed by atoms with E-state index in [1.54, 1.807) is 7.11 Å². The van der Waals surface area contributed by atoms with Crippen LogP contribution in [0, 0.1) is 18.3 Å². The van der Waals surface area contributed by atoms with Crippen LogP contribution in [-0.2, 0) is 20.6 Å². The van der Waals surface area contributed by atoms with Gasteiger partial charge < -0.3 is 33.9 Å². The van der Waals surface area contributed by atoms with E-state index in [9.17, 15) is 15.0 Å². The summed E-state index contributed by atoms with van der Waals surface area (Å²) in [5.41, 5.74) is 0.760. The van der Waals surface area contributed by atoms with E-state index in [4.69, 9.17) is 23.7 Å². The minimum absolute atomic E-state index is 0.0993. The Hall–Kier alpha value is -2.39. The lowest BCUT2D eigenvalue weighted by molar-refractivity contribution is -0.289. The Bertz CT molecular complexity index is 1360. The zero-order valence-electron chi connectivity index (χ0n) is 20.8. The van der Waals surface area contributed by atoms with Crippen molar-refractivity contribution in [3.63, 3.8) is 0 Å². The summed E-state index contributed by atoms with van der Waals surface area (Å²) in [6.45, 7) is 9.90. The Labute approximate surface area is 203 Å². The van der Waals surface area contributed by atoms with Crippen molar-refractivity contribution in [1.82, 2.24) is 0 Å². The molecule has 1 spiro atoms.